The molecule has 0 bridgehead atoms. The average molecular weight is 275 g/mol. The van der Waals surface area contributed by atoms with Gasteiger partial charge in [-0.25, -0.2) is 0 Å². The fourth-order valence-electron chi connectivity index (χ4n) is 1.20. The minimum atomic E-state index is -0.716. The Hall–Kier alpha value is -1.43. The minimum Gasteiger partial charge on any atom is -0.353 e. The first-order valence-electron chi connectivity index (χ1n) is 6.12. The molecule has 114 valence electrons. The molecule has 0 aromatic rings. The van der Waals surface area contributed by atoms with Gasteiger partial charge in [0, 0.05) is 26.6 Å². The molecule has 0 saturated carbocycles. The highest BCUT2D eigenvalue weighted by atomic mass is 16.2. The van der Waals surface area contributed by atoms with Gasteiger partial charge in [0.2, 0.25) is 12.3 Å². The number of hydrogen-bond donors (Lipinski definition) is 2. The molecule has 0 aromatic carbocycles. The Morgan fingerprint density at radius 3 is 2.16 bits per heavy atom. The van der Waals surface area contributed by atoms with Gasteiger partial charge in [-0.05, 0) is 14.0 Å². The van der Waals surface area contributed by atoms with Crippen LogP contribution in [0.3, 0.4) is 0 Å². The molecule has 0 saturated heterocycles. The summed E-state index contributed by atoms with van der Waals surface area (Å²) in [6.07, 6.45) is 0.589. The van der Waals surface area contributed by atoms with Crippen LogP contribution in [0.15, 0.2) is 0 Å². The standard InChI is InChI=1S/C10H19N3O3.C2H6.CH4/c1-8(15)6-9(13(3)7-14)10(16)12-5-4-11-2;1-2;/h7,9,11H,4-6H2,1-3H3,(H,12,16);1-2H3;1H4. The maximum absolute atomic E-state index is 11.7. The number of ketones is 1. The third kappa shape index (κ3) is 11.4. The van der Waals surface area contributed by atoms with Crippen molar-refractivity contribution in [2.24, 2.45) is 0 Å². The van der Waals surface area contributed by atoms with E-state index in [9.17, 15) is 14.4 Å². The summed E-state index contributed by atoms with van der Waals surface area (Å²) in [5, 5.41) is 5.53. The smallest absolute Gasteiger partial charge is 0.243 e. The number of hydrogen-bond acceptors (Lipinski definition) is 4. The van der Waals surface area contributed by atoms with Crippen molar-refractivity contribution in [1.29, 1.82) is 0 Å². The summed E-state index contributed by atoms with van der Waals surface area (Å²) in [4.78, 5) is 34.4. The van der Waals surface area contributed by atoms with Gasteiger partial charge in [0.25, 0.3) is 0 Å². The summed E-state index contributed by atoms with van der Waals surface area (Å²) in [7, 11) is 3.26. The van der Waals surface area contributed by atoms with Crippen LogP contribution in [0.1, 0.15) is 34.6 Å². The first-order valence-corrected chi connectivity index (χ1v) is 6.12. The van der Waals surface area contributed by atoms with Crippen molar-refractivity contribution in [1.82, 2.24) is 15.5 Å². The number of carbonyl (C=O) groups is 3. The van der Waals surface area contributed by atoms with Crippen molar-refractivity contribution in [2.45, 2.75) is 40.7 Å². The van der Waals surface area contributed by atoms with E-state index in [2.05, 4.69) is 10.6 Å². The molecule has 0 spiro atoms. The summed E-state index contributed by atoms with van der Waals surface area (Å²) in [6.45, 7) is 6.51. The molecule has 0 fully saturated rings. The van der Waals surface area contributed by atoms with Gasteiger partial charge in [-0.3, -0.25) is 14.4 Å². The van der Waals surface area contributed by atoms with Gasteiger partial charge in [-0.1, -0.05) is 21.3 Å². The van der Waals surface area contributed by atoms with E-state index < -0.39 is 6.04 Å². The van der Waals surface area contributed by atoms with Gasteiger partial charge < -0.3 is 15.5 Å². The SMILES string of the molecule is C.CC.CNCCNC(=O)C(CC(C)=O)N(C)C=O. The van der Waals surface area contributed by atoms with Crippen molar-refractivity contribution in [3.05, 3.63) is 0 Å². The second-order valence-corrected chi connectivity index (χ2v) is 3.59. The van der Waals surface area contributed by atoms with Crippen LogP contribution in [0.5, 0.6) is 0 Å². The van der Waals surface area contributed by atoms with Crippen LogP contribution in [0.25, 0.3) is 0 Å². The number of rotatable bonds is 8. The molecule has 2 N–H and O–H groups in total. The quantitative estimate of drug-likeness (QED) is 0.497. The Morgan fingerprint density at radius 2 is 1.79 bits per heavy atom. The van der Waals surface area contributed by atoms with Crippen molar-refractivity contribution in [3.63, 3.8) is 0 Å². The Kier molecular flexibility index (Phi) is 17.5. The van der Waals surface area contributed by atoms with Crippen LogP contribution in [0, 0.1) is 0 Å². The zero-order valence-electron chi connectivity index (χ0n) is 11.9. The zero-order chi connectivity index (χ0) is 14.6. The Morgan fingerprint density at radius 1 is 1.26 bits per heavy atom. The van der Waals surface area contributed by atoms with Gasteiger partial charge in [-0.2, -0.15) is 0 Å². The van der Waals surface area contributed by atoms with Crippen LogP contribution in [0.2, 0.25) is 0 Å². The third-order valence-electron chi connectivity index (χ3n) is 2.12. The molecule has 6 heteroatoms. The lowest BCUT2D eigenvalue weighted by Crippen LogP contribution is -2.46. The van der Waals surface area contributed by atoms with Crippen LogP contribution in [-0.2, 0) is 14.4 Å². The molecule has 0 aromatic heterocycles. The topological polar surface area (TPSA) is 78.5 Å². The van der Waals surface area contributed by atoms with Gasteiger partial charge >= 0.3 is 0 Å². The first kappa shape index (κ1) is 22.7. The Bertz CT molecular complexity index is 258. The Labute approximate surface area is 116 Å². The predicted octanol–water partition coefficient (Wildman–Crippen LogP) is 0.420. The highest BCUT2D eigenvalue weighted by Gasteiger charge is 2.23. The molecule has 1 atom stereocenters. The number of carbonyl (C=O) groups excluding carboxylic acids is 3. The summed E-state index contributed by atoms with van der Waals surface area (Å²) in [6, 6.07) is -0.716. The largest absolute Gasteiger partial charge is 0.353 e. The van der Waals surface area contributed by atoms with E-state index in [1.165, 1.54) is 18.9 Å². The van der Waals surface area contributed by atoms with Crippen molar-refractivity contribution >= 4 is 18.1 Å². The molecule has 6 nitrogen and oxygen atoms in total. The lowest BCUT2D eigenvalue weighted by molar-refractivity contribution is -0.134. The maximum atomic E-state index is 11.7. The van der Waals surface area contributed by atoms with Gasteiger partial charge in [0.15, 0.2) is 0 Å². The summed E-state index contributed by atoms with van der Waals surface area (Å²) < 4.78 is 0. The van der Waals surface area contributed by atoms with Gasteiger partial charge in [0.05, 0.1) is 0 Å². The van der Waals surface area contributed by atoms with Crippen LogP contribution in [0.4, 0.5) is 0 Å². The second-order valence-electron chi connectivity index (χ2n) is 3.59. The van der Waals surface area contributed by atoms with Gasteiger partial charge in [0.1, 0.15) is 11.8 Å². The lowest BCUT2D eigenvalue weighted by Gasteiger charge is -2.22. The van der Waals surface area contributed by atoms with E-state index in [0.29, 0.717) is 19.5 Å². The number of Topliss-reactive ketones (excluding diaryl/α,β-unsaturated/α-hetero) is 1. The number of nitrogens with zero attached hydrogens (tertiary/aromatic N) is 1. The first-order chi connectivity index (χ1) is 8.52. The van der Waals surface area contributed by atoms with E-state index in [1.54, 1.807) is 7.05 Å². The molecule has 19 heavy (non-hydrogen) atoms. The highest BCUT2D eigenvalue weighted by molar-refractivity contribution is 5.89. The predicted molar refractivity (Wildman–Crippen MR) is 77.9 cm³/mol. The van der Waals surface area contributed by atoms with E-state index in [4.69, 9.17) is 0 Å². The lowest BCUT2D eigenvalue weighted by atomic mass is 10.1. The second kappa shape index (κ2) is 14.6. The van der Waals surface area contributed by atoms with Crippen molar-refractivity contribution in [2.75, 3.05) is 27.2 Å². The number of likely N-dealkylation sites (N-methyl/N-ethyl adjacent to an activating group) is 2. The zero-order valence-corrected chi connectivity index (χ0v) is 11.9. The molecular formula is C13H29N3O3. The van der Waals surface area contributed by atoms with Gasteiger partial charge in [-0.15, -0.1) is 0 Å². The Balaban J connectivity index is -0.000000809. The van der Waals surface area contributed by atoms with Crippen LogP contribution in [-0.4, -0.2) is 56.2 Å². The summed E-state index contributed by atoms with van der Waals surface area (Å²) in [5.41, 5.74) is 0. The number of amides is 2. The van der Waals surface area contributed by atoms with Crippen molar-refractivity contribution < 1.29 is 14.4 Å². The maximum Gasteiger partial charge on any atom is 0.243 e. The molecule has 0 radical (unpaired) electrons. The minimum absolute atomic E-state index is 0. The van der Waals surface area contributed by atoms with E-state index in [-0.39, 0.29) is 25.5 Å². The molecular weight excluding hydrogens is 246 g/mol. The fraction of sp³-hybridized carbons (Fsp3) is 0.769. The molecule has 2 amide bonds. The number of nitrogens with one attached hydrogen (secondary N) is 2. The summed E-state index contributed by atoms with van der Waals surface area (Å²) in [5.74, 6) is -0.428. The summed E-state index contributed by atoms with van der Waals surface area (Å²) >= 11 is 0. The van der Waals surface area contributed by atoms with E-state index >= 15 is 0 Å². The molecule has 0 aliphatic rings. The van der Waals surface area contributed by atoms with Crippen LogP contribution >= 0.6 is 0 Å². The van der Waals surface area contributed by atoms with E-state index in [1.807, 2.05) is 13.8 Å². The monoisotopic (exact) mass is 275 g/mol. The fourth-order valence-corrected chi connectivity index (χ4v) is 1.20. The van der Waals surface area contributed by atoms with Crippen molar-refractivity contribution in [3.8, 4) is 0 Å². The molecule has 0 aliphatic carbocycles. The normalized spacial score (nSPS) is 10.2. The molecule has 1 unspecified atom stereocenters. The molecule has 0 aliphatic heterocycles. The average Bonchev–Trinajstić information content (AvgIpc) is 2.37. The third-order valence-corrected chi connectivity index (χ3v) is 2.12. The van der Waals surface area contributed by atoms with E-state index in [0.717, 1.165) is 0 Å². The molecule has 0 heterocycles. The molecule has 0 rings (SSSR count). The highest BCUT2D eigenvalue weighted by Crippen LogP contribution is 2.01. The van der Waals surface area contributed by atoms with Crippen LogP contribution < -0.4 is 10.6 Å².